The molecule has 0 bridgehead atoms. The lowest BCUT2D eigenvalue weighted by molar-refractivity contribution is -0.124. The summed E-state index contributed by atoms with van der Waals surface area (Å²) in [5.74, 6) is 5.32. The van der Waals surface area contributed by atoms with Crippen molar-refractivity contribution in [2.24, 2.45) is 0 Å². The predicted molar refractivity (Wildman–Crippen MR) is 187 cm³/mol. The second-order valence-electron chi connectivity index (χ2n) is 11.0. The quantitative estimate of drug-likeness (QED) is 0.0582. The molecule has 15 heteroatoms. The number of carbonyl (C=O) groups excluding carboxylic acids is 1. The summed E-state index contributed by atoms with van der Waals surface area (Å²) in [6, 6.07) is 23.2. The Balaban J connectivity index is 0.000000251. The summed E-state index contributed by atoms with van der Waals surface area (Å²) < 4.78 is 73.4. The van der Waals surface area contributed by atoms with E-state index in [1.807, 2.05) is 44.2 Å². The van der Waals surface area contributed by atoms with E-state index in [2.05, 4.69) is 27.0 Å². The van der Waals surface area contributed by atoms with Crippen molar-refractivity contribution in [2.45, 2.75) is 36.1 Å². The highest BCUT2D eigenvalue weighted by Gasteiger charge is 2.22. The van der Waals surface area contributed by atoms with Gasteiger partial charge in [0.25, 0.3) is 26.1 Å². The zero-order valence-corrected chi connectivity index (χ0v) is 28.8. The number of halogens is 1. The van der Waals surface area contributed by atoms with E-state index in [0.29, 0.717) is 12.1 Å². The second kappa shape index (κ2) is 18.7. The van der Waals surface area contributed by atoms with Crippen LogP contribution >= 0.6 is 0 Å². The molecule has 50 heavy (non-hydrogen) atoms. The predicted octanol–water partition coefficient (Wildman–Crippen LogP) is 4.76. The molecular weight excluding hydrogens is 688 g/mol. The van der Waals surface area contributed by atoms with Gasteiger partial charge >= 0.3 is 0 Å². The highest BCUT2D eigenvalue weighted by molar-refractivity contribution is 7.86. The summed E-state index contributed by atoms with van der Waals surface area (Å²) in [5, 5.41) is 11.6. The first-order chi connectivity index (χ1) is 23.6. The van der Waals surface area contributed by atoms with Gasteiger partial charge in [-0.05, 0) is 74.4 Å². The van der Waals surface area contributed by atoms with Crippen LogP contribution in [0.3, 0.4) is 0 Å². The van der Waals surface area contributed by atoms with Crippen molar-refractivity contribution in [3.63, 3.8) is 0 Å². The molecule has 264 valence electrons. The second-order valence-corrected chi connectivity index (χ2v) is 13.9. The molecule has 1 atom stereocenters. The molecule has 0 unspecified atom stereocenters. The van der Waals surface area contributed by atoms with E-state index in [-0.39, 0.29) is 21.7 Å². The number of benzene rings is 3. The van der Waals surface area contributed by atoms with Crippen LogP contribution in [-0.4, -0.2) is 72.6 Å². The average molecular weight is 725 g/mol. The van der Waals surface area contributed by atoms with E-state index >= 15 is 0 Å². The topological polar surface area (TPSA) is 186 Å². The fourth-order valence-corrected chi connectivity index (χ4v) is 5.30. The van der Waals surface area contributed by atoms with Crippen LogP contribution in [0.5, 0.6) is 0 Å². The normalized spacial score (nSPS) is 14.3. The van der Waals surface area contributed by atoms with Gasteiger partial charge in [-0.1, -0.05) is 65.4 Å². The van der Waals surface area contributed by atoms with Crippen LogP contribution in [0.15, 0.2) is 107 Å². The van der Waals surface area contributed by atoms with Gasteiger partial charge in [-0.3, -0.25) is 24.0 Å². The lowest BCUT2D eigenvalue weighted by atomic mass is 10.2. The highest BCUT2D eigenvalue weighted by Crippen LogP contribution is 2.18. The molecule has 1 aliphatic heterocycles. The fourth-order valence-electron chi connectivity index (χ4n) is 4.34. The number of likely N-dealkylation sites (tertiary alicyclic amines) is 1. The van der Waals surface area contributed by atoms with Crippen molar-refractivity contribution in [3.8, 4) is 11.8 Å². The maximum Gasteiger partial charge on any atom is 0.294 e. The highest BCUT2D eigenvalue weighted by atomic mass is 32.2. The molecule has 2 heterocycles. The maximum absolute atomic E-state index is 14.3. The Morgan fingerprint density at radius 2 is 1.50 bits per heavy atom. The van der Waals surface area contributed by atoms with Gasteiger partial charge in [0, 0.05) is 37.0 Å². The van der Waals surface area contributed by atoms with Gasteiger partial charge in [-0.2, -0.15) is 16.8 Å². The maximum atomic E-state index is 14.3. The number of amides is 1. The Labute approximate surface area is 291 Å². The van der Waals surface area contributed by atoms with Crippen molar-refractivity contribution in [1.29, 1.82) is 0 Å². The summed E-state index contributed by atoms with van der Waals surface area (Å²) >= 11 is 0. The van der Waals surface area contributed by atoms with E-state index in [1.165, 1.54) is 48.1 Å². The lowest BCUT2D eigenvalue weighted by Gasteiger charge is -2.15. The van der Waals surface area contributed by atoms with Gasteiger partial charge in [-0.25, -0.2) is 14.9 Å². The molecule has 1 aliphatic rings. The number of carbonyl (C=O) groups is 1. The number of anilines is 1. The third-order valence-electron chi connectivity index (χ3n) is 6.96. The van der Waals surface area contributed by atoms with Crippen LogP contribution in [0.25, 0.3) is 6.08 Å². The van der Waals surface area contributed by atoms with Crippen molar-refractivity contribution in [1.82, 2.24) is 15.4 Å². The Bertz CT molecular complexity index is 1960. The molecule has 12 nitrogen and oxygen atoms in total. The van der Waals surface area contributed by atoms with Crippen LogP contribution in [-0.2, 0) is 25.0 Å². The van der Waals surface area contributed by atoms with Gasteiger partial charge in [0.1, 0.15) is 0 Å². The molecule has 5 rings (SSSR count). The van der Waals surface area contributed by atoms with Gasteiger partial charge in [-0.15, -0.1) is 0 Å². The molecule has 0 aliphatic carbocycles. The Morgan fingerprint density at radius 3 is 2.00 bits per heavy atom. The van der Waals surface area contributed by atoms with Crippen LogP contribution < -0.4 is 10.8 Å². The SMILES string of the molecule is Cc1ccc(S(=O)(=O)O)cc1.Cc1ccc(S(=O)(=O)O)cc1.O=C(/C=C/c1cnc(N[C@@H]2CCN(CC#Cc3ccccc3)C2)c(F)c1)NO. The Hall–Kier alpha value is -4.95. The first-order valence-electron chi connectivity index (χ1n) is 15.0. The smallest absolute Gasteiger partial charge is 0.294 e. The summed E-state index contributed by atoms with van der Waals surface area (Å²) in [7, 11) is -8.04. The first-order valence-corrected chi connectivity index (χ1v) is 17.9. The van der Waals surface area contributed by atoms with Crippen molar-refractivity contribution in [2.75, 3.05) is 25.0 Å². The van der Waals surface area contributed by atoms with Crippen LogP contribution in [0.1, 0.15) is 28.7 Å². The van der Waals surface area contributed by atoms with Gasteiger partial charge in [0.05, 0.1) is 16.3 Å². The molecular formula is C35H37FN4O8S2. The summed E-state index contributed by atoms with van der Waals surface area (Å²) in [5.41, 5.74) is 4.80. The van der Waals surface area contributed by atoms with Crippen LogP contribution in [0, 0.1) is 31.5 Å². The Morgan fingerprint density at radius 1 is 0.940 bits per heavy atom. The third kappa shape index (κ3) is 13.9. The van der Waals surface area contributed by atoms with Crippen molar-refractivity contribution in [3.05, 3.63) is 125 Å². The Kier molecular flexibility index (Phi) is 14.8. The monoisotopic (exact) mass is 724 g/mol. The molecule has 1 fully saturated rings. The van der Waals surface area contributed by atoms with Gasteiger partial charge < -0.3 is 5.32 Å². The number of rotatable bonds is 7. The third-order valence-corrected chi connectivity index (χ3v) is 8.70. The van der Waals surface area contributed by atoms with Crippen LogP contribution in [0.4, 0.5) is 10.2 Å². The number of aromatic nitrogens is 1. The van der Waals surface area contributed by atoms with E-state index in [1.54, 1.807) is 24.3 Å². The minimum atomic E-state index is -4.02. The number of nitrogens with zero attached hydrogens (tertiary/aromatic N) is 2. The zero-order valence-electron chi connectivity index (χ0n) is 27.2. The molecule has 1 aromatic heterocycles. The van der Waals surface area contributed by atoms with E-state index < -0.39 is 32.0 Å². The lowest BCUT2D eigenvalue weighted by Crippen LogP contribution is -2.27. The summed E-state index contributed by atoms with van der Waals surface area (Å²) in [6.07, 6.45) is 4.81. The van der Waals surface area contributed by atoms with E-state index in [4.69, 9.17) is 14.3 Å². The van der Waals surface area contributed by atoms with Crippen molar-refractivity contribution >= 4 is 38.0 Å². The average Bonchev–Trinajstić information content (AvgIpc) is 3.52. The van der Waals surface area contributed by atoms with Gasteiger partial charge in [0.15, 0.2) is 11.6 Å². The molecule has 0 spiro atoms. The number of hydrogen-bond donors (Lipinski definition) is 5. The minimum Gasteiger partial charge on any atom is -0.364 e. The largest absolute Gasteiger partial charge is 0.364 e. The minimum absolute atomic E-state index is 0.0666. The standard InChI is InChI=1S/C21H21FN4O2.2C7H8O3S/c22-19-13-17(8-9-20(27)25-28)14-23-21(19)24-18-10-12-26(15-18)11-4-7-16-5-2-1-3-6-16;2*1-6-2-4-7(5-3-6)11(8,9)10/h1-3,5-6,8-9,13-14,18,28H,10-12,15H2,(H,23,24)(H,25,27);2*2-5H,1H3,(H,8,9,10)/b9-8+;;/t18-;;/m1../s1. The fraction of sp³-hybridized carbons (Fsp3) is 0.200. The van der Waals surface area contributed by atoms with Gasteiger partial charge in [0.2, 0.25) is 0 Å². The summed E-state index contributed by atoms with van der Waals surface area (Å²) in [6.45, 7) is 6.00. The first kappa shape index (κ1) is 39.5. The molecule has 3 aromatic carbocycles. The number of hydroxylamine groups is 1. The molecule has 4 aromatic rings. The number of pyridine rings is 1. The van der Waals surface area contributed by atoms with Crippen LogP contribution in [0.2, 0.25) is 0 Å². The molecule has 5 N–H and O–H groups in total. The van der Waals surface area contributed by atoms with E-state index in [0.717, 1.165) is 42.3 Å². The molecule has 1 amide bonds. The molecule has 1 saturated heterocycles. The molecule has 0 saturated carbocycles. The number of hydrogen-bond acceptors (Lipinski definition) is 9. The van der Waals surface area contributed by atoms with E-state index in [9.17, 15) is 26.0 Å². The summed E-state index contributed by atoms with van der Waals surface area (Å²) in [4.78, 5) is 17.1. The van der Waals surface area contributed by atoms with Crippen molar-refractivity contribution < 1.29 is 40.3 Å². The number of aryl methyl sites for hydroxylation is 2. The number of nitrogens with one attached hydrogen (secondary N) is 2. The molecule has 0 radical (unpaired) electrons. The zero-order chi connectivity index (χ0) is 36.7.